The van der Waals surface area contributed by atoms with Gasteiger partial charge in [0.2, 0.25) is 0 Å². The average molecular weight is 531 g/mol. The molecule has 5 nitrogen and oxygen atoms in total. The molecule has 1 aliphatic rings. The normalized spacial score (nSPS) is 13.8. The Morgan fingerprint density at radius 3 is 2.60 bits per heavy atom. The van der Waals surface area contributed by atoms with Gasteiger partial charge in [0.15, 0.2) is 0 Å². The van der Waals surface area contributed by atoms with Gasteiger partial charge in [0, 0.05) is 135 Å². The highest BCUT2D eigenvalue weighted by atomic mass is 35.5. The van der Waals surface area contributed by atoms with Crippen molar-refractivity contribution in [3.8, 4) is 11.3 Å². The predicted octanol–water partition coefficient (Wildman–Crippen LogP) is 23.9. The quantitative estimate of drug-likeness (QED) is 0.257. The standard InChI is InChI=1S/C18H16ClN5.H2S.79H2/c1-9-12(7-20-23-9)17-11-5-3-2-4-10(11)16-13-8-21-24-15(13)6-14(19)18(16)22-17;;;;;;;;;;;;;;;;;;;;;;;;;;;;;;;;;;;;;;;;;;;;;;;;;;;;;;;;;;;;;;;;;;;;;;;;;;;;;;;;/h6-8H,2-5H2,1H3,(H,20,23)(H,21,24);1H2;79*1H. The molecule has 0 amide bonds. The van der Waals surface area contributed by atoms with E-state index in [4.69, 9.17) is 16.6 Å². The molecule has 5 rings (SSSR count). The third-order valence-electron chi connectivity index (χ3n) is 5.04. The van der Waals surface area contributed by atoms with Crippen molar-refractivity contribution in [1.29, 1.82) is 0 Å². The zero-order valence-electron chi connectivity index (χ0n) is 13.8. The molecule has 0 atom stereocenters. The summed E-state index contributed by atoms with van der Waals surface area (Å²) in [5.41, 5.74) is 7.66. The number of benzene rings is 1. The monoisotopic (exact) mass is 530 g/mol. The molecule has 25 heavy (non-hydrogen) atoms. The molecule has 7 heteroatoms. The number of aromatic amines is 2. The zero-order valence-corrected chi connectivity index (χ0v) is 15.5. The molecule has 0 unspecified atom stereocenters. The molecule has 3 heterocycles. The SMILES string of the molecule is Cc1[nH]ncc1-c1nc2c(Cl)cc3[nH]ncc3c2c2c1CCCC2.S.[HH].[HH].[HH].[HH].[HH].[HH].[HH].[HH].[HH].[HH].[HH].[HH].[HH].[HH].[HH].[HH].[HH].[HH].[HH].[HH].[HH].[HH].[HH].[HH].[HH].[HH].[HH].[HH].[HH].[HH].[HH].[HH].[HH].[HH].[HH].[HH].[HH].[HH].[HH].[HH].[HH].[HH].[HH].[HH].[HH].[HH].[HH].[HH].[HH].[HH].[HH].[HH].[HH].[HH].[HH].[HH].[HH].[HH].[HH].[HH].[HH].[HH].[HH].[HH].[HH].[HH].[HH].[HH].[HH].[HH].[HH].[HH].[HH].[HH].[HH].[HH].[HH].[HH].[HH]. The van der Waals surface area contributed by atoms with Gasteiger partial charge in [-0.25, -0.2) is 4.98 Å². The van der Waals surface area contributed by atoms with E-state index in [1.807, 2.05) is 25.4 Å². The van der Waals surface area contributed by atoms with E-state index in [1.165, 1.54) is 24.0 Å². The third-order valence-corrected chi connectivity index (χ3v) is 5.32. The molecule has 0 saturated carbocycles. The Morgan fingerprint density at radius 1 is 1.08 bits per heavy atom. The summed E-state index contributed by atoms with van der Waals surface area (Å²) in [6, 6.07) is 1.92. The van der Waals surface area contributed by atoms with Crippen LogP contribution in [-0.4, -0.2) is 25.4 Å². The molecule has 0 radical (unpaired) electrons. The lowest BCUT2D eigenvalue weighted by Gasteiger charge is -2.22. The van der Waals surface area contributed by atoms with Crippen LogP contribution < -0.4 is 0 Å². The van der Waals surface area contributed by atoms with Crippen LogP contribution in [0.5, 0.6) is 0 Å². The number of hydrogen-bond acceptors (Lipinski definition) is 3. The molecule has 0 bridgehead atoms. The second-order valence-electron chi connectivity index (χ2n) is 6.45. The Labute approximate surface area is 273 Å². The van der Waals surface area contributed by atoms with Gasteiger partial charge in [0.1, 0.15) is 0 Å². The lowest BCUT2D eigenvalue weighted by atomic mass is 9.85. The molecule has 2 N–H and O–H groups in total. The third kappa shape index (κ3) is 2.35. The van der Waals surface area contributed by atoms with Crippen LogP contribution in [0, 0.1) is 6.92 Å². The number of H-pyrrole nitrogens is 2. The zero-order chi connectivity index (χ0) is 16.3. The Morgan fingerprint density at radius 2 is 1.84 bits per heavy atom. The van der Waals surface area contributed by atoms with E-state index >= 15 is 0 Å². The van der Waals surface area contributed by atoms with Crippen molar-refractivity contribution in [2.75, 3.05) is 0 Å². The first-order chi connectivity index (χ1) is 11.7. The van der Waals surface area contributed by atoms with Crippen LogP contribution in [0.25, 0.3) is 33.1 Å². The second kappa shape index (κ2) is 6.04. The molecule has 286 valence electrons. The van der Waals surface area contributed by atoms with Gasteiger partial charge in [-0.05, 0) is 49.8 Å². The largest absolute Gasteiger partial charge is 0.282 e. The van der Waals surface area contributed by atoms with E-state index in [1.54, 1.807) is 0 Å². The molecule has 1 aliphatic carbocycles. The van der Waals surface area contributed by atoms with Gasteiger partial charge in [-0.3, -0.25) is 10.2 Å². The van der Waals surface area contributed by atoms with E-state index in [-0.39, 0.29) is 126 Å². The Kier molecular flexibility index (Phi) is 3.96. The van der Waals surface area contributed by atoms with Gasteiger partial charge in [0.25, 0.3) is 0 Å². The molecule has 0 fully saturated rings. The van der Waals surface area contributed by atoms with Gasteiger partial charge in [-0.1, -0.05) is 11.6 Å². The number of hydrogen-bond donors (Lipinski definition) is 2. The number of fused-ring (bicyclic) bond motifs is 5. The summed E-state index contributed by atoms with van der Waals surface area (Å²) in [6.45, 7) is 2.03. The highest BCUT2D eigenvalue weighted by Crippen LogP contribution is 2.40. The average Bonchev–Trinajstić information content (AvgIpc) is 3.22. The number of aromatic nitrogens is 5. The highest BCUT2D eigenvalue weighted by Gasteiger charge is 2.23. The predicted molar refractivity (Wildman–Crippen MR) is 273 cm³/mol. The second-order valence-corrected chi connectivity index (χ2v) is 6.85. The van der Waals surface area contributed by atoms with Crippen LogP contribution in [0.4, 0.5) is 0 Å². The van der Waals surface area contributed by atoms with E-state index in [0.29, 0.717) is 5.02 Å². The van der Waals surface area contributed by atoms with Crippen LogP contribution in [0.1, 0.15) is 142 Å². The van der Waals surface area contributed by atoms with Crippen molar-refractivity contribution in [2.24, 2.45) is 0 Å². The van der Waals surface area contributed by atoms with Crippen LogP contribution in [0.2, 0.25) is 5.02 Å². The number of nitrogens with one attached hydrogen (secondary N) is 2. The molecule has 4 aromatic rings. The van der Waals surface area contributed by atoms with Crippen LogP contribution in [0.3, 0.4) is 0 Å². The summed E-state index contributed by atoms with van der Waals surface area (Å²) in [6.07, 6.45) is 8.24. The van der Waals surface area contributed by atoms with Crippen LogP contribution in [0.15, 0.2) is 18.5 Å². The minimum atomic E-state index is 0. The Balaban J connectivity index is -0.00000000132. The van der Waals surface area contributed by atoms with Crippen molar-refractivity contribution in [3.05, 3.63) is 40.3 Å². The smallest absolute Gasteiger partial charge is 0.0906 e. The fourth-order valence-corrected chi connectivity index (χ4v) is 4.14. The molecular formula is C18H176ClN5S. The fourth-order valence-electron chi connectivity index (χ4n) is 3.90. The van der Waals surface area contributed by atoms with E-state index in [0.717, 1.165) is 51.6 Å². The fraction of sp³-hybridized carbons (Fsp3) is 0.278. The lowest BCUT2D eigenvalue weighted by Crippen LogP contribution is -2.08. The summed E-state index contributed by atoms with van der Waals surface area (Å²) >= 11 is 6.57. The summed E-state index contributed by atoms with van der Waals surface area (Å²) in [7, 11) is 0. The van der Waals surface area contributed by atoms with Crippen molar-refractivity contribution < 1.29 is 113 Å². The van der Waals surface area contributed by atoms with E-state index in [2.05, 4.69) is 20.4 Å². The maximum atomic E-state index is 6.57. The highest BCUT2D eigenvalue weighted by molar-refractivity contribution is 7.59. The Hall–Kier alpha value is -2.05. The summed E-state index contributed by atoms with van der Waals surface area (Å²) < 4.78 is 0. The summed E-state index contributed by atoms with van der Waals surface area (Å²) in [5, 5.41) is 17.4. The summed E-state index contributed by atoms with van der Waals surface area (Å²) in [5.74, 6) is 0. The number of nitrogens with zero attached hydrogens (tertiary/aromatic N) is 3. The van der Waals surface area contributed by atoms with Gasteiger partial charge in [-0.15, -0.1) is 0 Å². The number of halogens is 1. The minimum absolute atomic E-state index is 0. The molecular weight excluding hydrogens is 354 g/mol. The van der Waals surface area contributed by atoms with Crippen LogP contribution in [-0.2, 0) is 12.8 Å². The first kappa shape index (κ1) is 16.4. The lowest BCUT2D eigenvalue weighted by molar-refractivity contribution is 0.689. The minimum Gasteiger partial charge on any atom is -0.282 e. The van der Waals surface area contributed by atoms with E-state index in [9.17, 15) is 0 Å². The maximum Gasteiger partial charge on any atom is 0.0906 e. The molecule has 3 aromatic heterocycles. The number of pyridine rings is 1. The first-order valence-electron chi connectivity index (χ1n) is 8.21. The van der Waals surface area contributed by atoms with Crippen molar-refractivity contribution in [3.63, 3.8) is 0 Å². The maximum absolute atomic E-state index is 6.57. The van der Waals surface area contributed by atoms with Gasteiger partial charge < -0.3 is 0 Å². The van der Waals surface area contributed by atoms with Crippen molar-refractivity contribution >= 4 is 46.9 Å². The summed E-state index contributed by atoms with van der Waals surface area (Å²) in [4.78, 5) is 4.99. The Bertz CT molecular complexity index is 1180. The molecule has 0 saturated heterocycles. The molecule has 0 spiro atoms. The van der Waals surface area contributed by atoms with Gasteiger partial charge in [-0.2, -0.15) is 23.7 Å². The molecule has 1 aromatic carbocycles. The molecule has 0 aliphatic heterocycles. The topological polar surface area (TPSA) is 70.2 Å². The van der Waals surface area contributed by atoms with Crippen molar-refractivity contribution in [2.45, 2.75) is 32.6 Å². The number of rotatable bonds is 1. The van der Waals surface area contributed by atoms with Gasteiger partial charge >= 0.3 is 0 Å². The van der Waals surface area contributed by atoms with Gasteiger partial charge in [0.05, 0.1) is 34.1 Å². The van der Waals surface area contributed by atoms with Crippen LogP contribution >= 0.6 is 25.1 Å². The number of aryl methyl sites for hydroxylation is 2. The van der Waals surface area contributed by atoms with E-state index < -0.39 is 0 Å². The van der Waals surface area contributed by atoms with Crippen molar-refractivity contribution in [1.82, 2.24) is 25.4 Å². The first-order valence-corrected chi connectivity index (χ1v) is 8.59.